The van der Waals surface area contributed by atoms with Crippen molar-refractivity contribution in [2.75, 3.05) is 6.61 Å². The van der Waals surface area contributed by atoms with Crippen molar-refractivity contribution in [1.82, 2.24) is 0 Å². The lowest BCUT2D eigenvalue weighted by Gasteiger charge is -2.13. The van der Waals surface area contributed by atoms with Crippen LogP contribution in [0, 0.1) is 5.92 Å². The Morgan fingerprint density at radius 1 is 1.26 bits per heavy atom. The van der Waals surface area contributed by atoms with Gasteiger partial charge in [-0.1, -0.05) is 39.2 Å². The van der Waals surface area contributed by atoms with Gasteiger partial charge >= 0.3 is 6.16 Å². The summed E-state index contributed by atoms with van der Waals surface area (Å²) in [6, 6.07) is 0. The molecule has 0 aliphatic carbocycles. The Bertz CT molecular complexity index is 349. The average Bonchev–Trinajstić information content (AvgIpc) is 2.22. The molecule has 0 atom stereocenters. The van der Waals surface area contributed by atoms with Gasteiger partial charge in [0.05, 0.1) is 14.7 Å². The van der Waals surface area contributed by atoms with E-state index in [2.05, 4.69) is 39.2 Å². The van der Waals surface area contributed by atoms with E-state index < -0.39 is 14.2 Å². The van der Waals surface area contributed by atoms with E-state index in [9.17, 15) is 4.79 Å². The predicted octanol–water partition coefficient (Wildman–Crippen LogP) is 4.91. The minimum Gasteiger partial charge on any atom is -0.434 e. The van der Waals surface area contributed by atoms with Gasteiger partial charge in [0.15, 0.2) is 0 Å². The summed E-state index contributed by atoms with van der Waals surface area (Å²) >= 11 is 0. The molecule has 0 saturated heterocycles. The van der Waals surface area contributed by atoms with Crippen molar-refractivity contribution in [3.05, 3.63) is 23.1 Å². The third-order valence-electron chi connectivity index (χ3n) is 2.33. The zero-order chi connectivity index (χ0) is 15.1. The van der Waals surface area contributed by atoms with Gasteiger partial charge in [0.1, 0.15) is 5.76 Å². The van der Waals surface area contributed by atoms with Crippen molar-refractivity contribution in [3.63, 3.8) is 0 Å². The van der Waals surface area contributed by atoms with E-state index in [-0.39, 0.29) is 0 Å². The maximum atomic E-state index is 11.5. The molecule has 0 unspecified atom stereocenters. The molecule has 3 nitrogen and oxygen atoms in total. The molecule has 0 aliphatic heterocycles. The van der Waals surface area contributed by atoms with Crippen LogP contribution in [0.4, 0.5) is 4.79 Å². The zero-order valence-corrected chi connectivity index (χ0v) is 14.4. The monoisotopic (exact) mass is 284 g/mol. The molecular formula is C15H28O3Si. The Hall–Kier alpha value is -1.03. The minimum absolute atomic E-state index is 0.326. The Morgan fingerprint density at radius 2 is 1.84 bits per heavy atom. The number of hydrogen-bond acceptors (Lipinski definition) is 3. The van der Waals surface area contributed by atoms with E-state index in [1.54, 1.807) is 6.92 Å². The number of allylic oxidation sites excluding steroid dienone is 2. The van der Waals surface area contributed by atoms with E-state index in [4.69, 9.17) is 9.47 Å². The third kappa shape index (κ3) is 9.53. The average molecular weight is 284 g/mol. The number of carbonyl (C=O) groups excluding carboxylic acids is 1. The lowest BCUT2D eigenvalue weighted by Crippen LogP contribution is -2.16. The first kappa shape index (κ1) is 18.0. The molecule has 0 amide bonds. The molecule has 19 heavy (non-hydrogen) atoms. The van der Waals surface area contributed by atoms with Crippen LogP contribution in [0.25, 0.3) is 0 Å². The molecule has 0 fully saturated rings. The maximum absolute atomic E-state index is 11.5. The Balaban J connectivity index is 5.03. The summed E-state index contributed by atoms with van der Waals surface area (Å²) in [6.07, 6.45) is 2.21. The maximum Gasteiger partial charge on any atom is 0.513 e. The second-order valence-corrected chi connectivity index (χ2v) is 11.3. The van der Waals surface area contributed by atoms with Gasteiger partial charge in [-0.3, -0.25) is 0 Å². The summed E-state index contributed by atoms with van der Waals surface area (Å²) in [4.78, 5) is 11.5. The predicted molar refractivity (Wildman–Crippen MR) is 82.7 cm³/mol. The van der Waals surface area contributed by atoms with Crippen molar-refractivity contribution in [2.45, 2.75) is 53.8 Å². The SMILES string of the molecule is CCOC(=O)OC(/C=C/[Si](C)(C)C)=C(\C)CC(C)C. The van der Waals surface area contributed by atoms with Crippen molar-refractivity contribution in [3.8, 4) is 0 Å². The summed E-state index contributed by atoms with van der Waals surface area (Å²) in [5.41, 5.74) is 3.25. The van der Waals surface area contributed by atoms with E-state index in [0.29, 0.717) is 18.3 Å². The van der Waals surface area contributed by atoms with Gasteiger partial charge < -0.3 is 9.47 Å². The van der Waals surface area contributed by atoms with Gasteiger partial charge in [-0.25, -0.2) is 4.79 Å². The summed E-state index contributed by atoms with van der Waals surface area (Å²) in [5.74, 6) is 1.16. The lowest BCUT2D eigenvalue weighted by atomic mass is 10.0. The van der Waals surface area contributed by atoms with E-state index in [0.717, 1.165) is 12.0 Å². The van der Waals surface area contributed by atoms with Crippen LogP contribution in [-0.4, -0.2) is 20.8 Å². The molecule has 0 aliphatic rings. The first-order valence-electron chi connectivity index (χ1n) is 6.89. The van der Waals surface area contributed by atoms with Crippen molar-refractivity contribution in [1.29, 1.82) is 0 Å². The summed E-state index contributed by atoms with van der Waals surface area (Å²) in [7, 11) is -1.32. The van der Waals surface area contributed by atoms with E-state index in [1.165, 1.54) is 0 Å². The molecular weight excluding hydrogens is 256 g/mol. The Kier molecular flexibility index (Phi) is 7.75. The van der Waals surface area contributed by atoms with Gasteiger partial charge in [0, 0.05) is 0 Å². The molecule has 0 bridgehead atoms. The standard InChI is InChI=1S/C15H28O3Si/c1-8-17-15(16)18-14(9-10-19(5,6)7)13(4)11-12(2)3/h9-10,12H,8,11H2,1-7H3/b10-9+,14-13+. The highest BCUT2D eigenvalue weighted by Crippen LogP contribution is 2.18. The van der Waals surface area contributed by atoms with Gasteiger partial charge in [0.2, 0.25) is 0 Å². The van der Waals surface area contributed by atoms with Crippen LogP contribution < -0.4 is 0 Å². The van der Waals surface area contributed by atoms with Gasteiger partial charge in [-0.2, -0.15) is 0 Å². The molecule has 0 aromatic carbocycles. The molecule has 4 heteroatoms. The molecule has 0 heterocycles. The van der Waals surface area contributed by atoms with Gasteiger partial charge in [-0.15, -0.1) is 0 Å². The highest BCUT2D eigenvalue weighted by atomic mass is 28.3. The molecule has 0 aromatic heterocycles. The third-order valence-corrected chi connectivity index (χ3v) is 3.49. The molecule has 0 spiro atoms. The second-order valence-electron chi connectivity index (χ2n) is 6.23. The largest absolute Gasteiger partial charge is 0.513 e. The molecule has 0 rings (SSSR count). The molecule has 0 saturated carbocycles. The lowest BCUT2D eigenvalue weighted by molar-refractivity contribution is 0.0832. The summed E-state index contributed by atoms with van der Waals surface area (Å²) < 4.78 is 10.1. The number of ether oxygens (including phenoxy) is 2. The fourth-order valence-corrected chi connectivity index (χ4v) is 2.19. The minimum atomic E-state index is -1.32. The van der Waals surface area contributed by atoms with Crippen LogP contribution in [0.15, 0.2) is 23.1 Å². The number of rotatable bonds is 6. The van der Waals surface area contributed by atoms with E-state index in [1.807, 2.05) is 13.0 Å². The zero-order valence-electron chi connectivity index (χ0n) is 13.4. The highest BCUT2D eigenvalue weighted by molar-refractivity contribution is 6.81. The fraction of sp³-hybridized carbons (Fsp3) is 0.667. The molecule has 0 N–H and O–H groups in total. The molecule has 0 radical (unpaired) electrons. The van der Waals surface area contributed by atoms with Crippen molar-refractivity contribution in [2.24, 2.45) is 5.92 Å². The highest BCUT2D eigenvalue weighted by Gasteiger charge is 2.13. The second kappa shape index (κ2) is 8.20. The van der Waals surface area contributed by atoms with Crippen LogP contribution in [0.3, 0.4) is 0 Å². The van der Waals surface area contributed by atoms with Crippen LogP contribution >= 0.6 is 0 Å². The van der Waals surface area contributed by atoms with Gasteiger partial charge in [0.25, 0.3) is 0 Å². The van der Waals surface area contributed by atoms with Crippen LogP contribution in [0.5, 0.6) is 0 Å². The van der Waals surface area contributed by atoms with Gasteiger partial charge in [-0.05, 0) is 37.8 Å². The van der Waals surface area contributed by atoms with E-state index >= 15 is 0 Å². The molecule has 110 valence electrons. The quantitative estimate of drug-likeness (QED) is 0.301. The van der Waals surface area contributed by atoms with Crippen LogP contribution in [0.1, 0.15) is 34.1 Å². The fourth-order valence-electron chi connectivity index (χ4n) is 1.54. The summed E-state index contributed by atoms with van der Waals surface area (Å²) in [6.45, 7) is 15.1. The Morgan fingerprint density at radius 3 is 2.26 bits per heavy atom. The number of hydrogen-bond donors (Lipinski definition) is 0. The normalized spacial score (nSPS) is 13.7. The summed E-state index contributed by atoms with van der Waals surface area (Å²) in [5, 5.41) is 0. The van der Waals surface area contributed by atoms with Crippen molar-refractivity contribution < 1.29 is 14.3 Å². The van der Waals surface area contributed by atoms with Crippen LogP contribution in [0.2, 0.25) is 19.6 Å². The Labute approximate surface area is 118 Å². The number of carbonyl (C=O) groups is 1. The smallest absolute Gasteiger partial charge is 0.434 e. The first-order valence-corrected chi connectivity index (χ1v) is 10.5. The van der Waals surface area contributed by atoms with Crippen molar-refractivity contribution >= 4 is 14.2 Å². The molecule has 0 aromatic rings. The first-order chi connectivity index (χ1) is 8.65. The van der Waals surface area contributed by atoms with Crippen LogP contribution in [-0.2, 0) is 9.47 Å². The topological polar surface area (TPSA) is 35.5 Å².